The van der Waals surface area contributed by atoms with Crippen LogP contribution in [0.25, 0.3) is 0 Å². The predicted octanol–water partition coefficient (Wildman–Crippen LogP) is 2.76. The first-order valence-electron chi connectivity index (χ1n) is 7.17. The van der Waals surface area contributed by atoms with Crippen molar-refractivity contribution < 1.29 is 14.3 Å². The van der Waals surface area contributed by atoms with Gasteiger partial charge in [0.05, 0.1) is 12.8 Å². The standard InChI is InChI=1S/C15H21N3O3S/c1-21-15(20)18-9-5-6-11(10-18)16-14(19)17-12-7-3-4-8-13(12)22-2/h3-4,7-8,11H,5-6,9-10H2,1-2H3,(H2,16,17,19)/t11-/m1/s1. The van der Waals surface area contributed by atoms with Crippen LogP contribution in [0.5, 0.6) is 0 Å². The van der Waals surface area contributed by atoms with E-state index in [2.05, 4.69) is 10.6 Å². The van der Waals surface area contributed by atoms with Gasteiger partial charge in [-0.2, -0.15) is 0 Å². The molecule has 120 valence electrons. The van der Waals surface area contributed by atoms with Gasteiger partial charge in [0.25, 0.3) is 0 Å². The van der Waals surface area contributed by atoms with Crippen molar-refractivity contribution >= 4 is 29.6 Å². The Morgan fingerprint density at radius 1 is 1.36 bits per heavy atom. The van der Waals surface area contributed by atoms with Crippen LogP contribution in [0.4, 0.5) is 15.3 Å². The maximum atomic E-state index is 12.1. The van der Waals surface area contributed by atoms with Gasteiger partial charge in [0.2, 0.25) is 0 Å². The lowest BCUT2D eigenvalue weighted by molar-refractivity contribution is 0.108. The largest absolute Gasteiger partial charge is 0.453 e. The number of methoxy groups -OCH3 is 1. The summed E-state index contributed by atoms with van der Waals surface area (Å²) in [5.41, 5.74) is 0.785. The number of benzene rings is 1. The Balaban J connectivity index is 1.90. The zero-order valence-electron chi connectivity index (χ0n) is 12.8. The van der Waals surface area contributed by atoms with E-state index in [1.165, 1.54) is 7.11 Å². The van der Waals surface area contributed by atoms with Gasteiger partial charge in [0.15, 0.2) is 0 Å². The third-order valence-corrected chi connectivity index (χ3v) is 4.34. The van der Waals surface area contributed by atoms with E-state index in [-0.39, 0.29) is 18.2 Å². The van der Waals surface area contributed by atoms with Gasteiger partial charge in [-0.3, -0.25) is 0 Å². The molecule has 6 nitrogen and oxygen atoms in total. The van der Waals surface area contributed by atoms with Crippen molar-refractivity contribution in [1.29, 1.82) is 0 Å². The Bertz CT molecular complexity index is 539. The van der Waals surface area contributed by atoms with E-state index in [9.17, 15) is 9.59 Å². The number of urea groups is 1. The molecule has 1 aromatic rings. The molecule has 0 spiro atoms. The van der Waals surface area contributed by atoms with Crippen molar-refractivity contribution in [3.63, 3.8) is 0 Å². The van der Waals surface area contributed by atoms with Gasteiger partial charge in [-0.25, -0.2) is 9.59 Å². The summed E-state index contributed by atoms with van der Waals surface area (Å²) in [4.78, 5) is 26.3. The molecule has 1 fully saturated rings. The molecule has 1 atom stereocenters. The van der Waals surface area contributed by atoms with Crippen LogP contribution < -0.4 is 10.6 Å². The monoisotopic (exact) mass is 323 g/mol. The lowest BCUT2D eigenvalue weighted by atomic mass is 10.1. The number of hydrogen-bond donors (Lipinski definition) is 2. The summed E-state index contributed by atoms with van der Waals surface area (Å²) in [6.07, 6.45) is 3.32. The van der Waals surface area contributed by atoms with Crippen molar-refractivity contribution in [3.05, 3.63) is 24.3 Å². The number of nitrogens with one attached hydrogen (secondary N) is 2. The third-order valence-electron chi connectivity index (χ3n) is 3.54. The number of para-hydroxylation sites is 1. The smallest absolute Gasteiger partial charge is 0.409 e. The maximum Gasteiger partial charge on any atom is 0.409 e. The molecule has 2 N–H and O–H groups in total. The summed E-state index contributed by atoms with van der Waals surface area (Å²) in [7, 11) is 1.37. The molecule has 1 saturated heterocycles. The van der Waals surface area contributed by atoms with E-state index in [0.717, 1.165) is 23.4 Å². The predicted molar refractivity (Wildman–Crippen MR) is 87.4 cm³/mol. The fraction of sp³-hybridized carbons (Fsp3) is 0.467. The number of piperidine rings is 1. The summed E-state index contributed by atoms with van der Waals surface area (Å²) in [5, 5.41) is 5.78. The molecular formula is C15H21N3O3S. The van der Waals surface area contributed by atoms with E-state index >= 15 is 0 Å². The Labute approximate surface area is 134 Å². The molecule has 1 aliphatic rings. The Kier molecular flexibility index (Phi) is 5.94. The van der Waals surface area contributed by atoms with Gasteiger partial charge in [0.1, 0.15) is 0 Å². The van der Waals surface area contributed by atoms with Crippen molar-refractivity contribution in [1.82, 2.24) is 10.2 Å². The van der Waals surface area contributed by atoms with Crippen LogP contribution in [-0.4, -0.2) is 49.5 Å². The lowest BCUT2D eigenvalue weighted by Crippen LogP contribution is -2.50. The summed E-state index contributed by atoms with van der Waals surface area (Å²) in [5.74, 6) is 0. The van der Waals surface area contributed by atoms with Crippen LogP contribution in [0.2, 0.25) is 0 Å². The molecule has 1 aliphatic heterocycles. The molecule has 0 aliphatic carbocycles. The van der Waals surface area contributed by atoms with E-state index in [1.54, 1.807) is 16.7 Å². The van der Waals surface area contributed by atoms with Crippen molar-refractivity contribution in [2.75, 3.05) is 31.8 Å². The molecule has 0 bridgehead atoms. The van der Waals surface area contributed by atoms with Gasteiger partial charge < -0.3 is 20.3 Å². The highest BCUT2D eigenvalue weighted by molar-refractivity contribution is 7.98. The van der Waals surface area contributed by atoms with Gasteiger partial charge >= 0.3 is 12.1 Å². The average molecular weight is 323 g/mol. The number of rotatable bonds is 3. The van der Waals surface area contributed by atoms with Gasteiger partial charge in [0, 0.05) is 24.0 Å². The minimum absolute atomic E-state index is 0.0608. The van der Waals surface area contributed by atoms with E-state index in [4.69, 9.17) is 4.74 Å². The zero-order chi connectivity index (χ0) is 15.9. The fourth-order valence-electron chi connectivity index (χ4n) is 2.48. The molecule has 3 amide bonds. The van der Waals surface area contributed by atoms with Gasteiger partial charge in [-0.1, -0.05) is 12.1 Å². The quantitative estimate of drug-likeness (QED) is 0.839. The SMILES string of the molecule is COC(=O)N1CCC[C@@H](NC(=O)Nc2ccccc2SC)C1. The van der Waals surface area contributed by atoms with Crippen LogP contribution in [0.1, 0.15) is 12.8 Å². The van der Waals surface area contributed by atoms with Crippen molar-refractivity contribution in [3.8, 4) is 0 Å². The summed E-state index contributed by atoms with van der Waals surface area (Å²) in [6.45, 7) is 1.14. The first-order chi connectivity index (χ1) is 10.6. The first kappa shape index (κ1) is 16.5. The van der Waals surface area contributed by atoms with Crippen LogP contribution in [0.15, 0.2) is 29.2 Å². The molecule has 1 aromatic carbocycles. The first-order valence-corrected chi connectivity index (χ1v) is 8.40. The van der Waals surface area contributed by atoms with E-state index in [0.29, 0.717) is 13.1 Å². The Hall–Kier alpha value is -1.89. The number of anilines is 1. The molecule has 7 heteroatoms. The highest BCUT2D eigenvalue weighted by atomic mass is 32.2. The number of ether oxygens (including phenoxy) is 1. The molecule has 0 saturated carbocycles. The second kappa shape index (κ2) is 7.93. The molecule has 0 unspecified atom stereocenters. The second-order valence-electron chi connectivity index (χ2n) is 5.05. The molecular weight excluding hydrogens is 302 g/mol. The summed E-state index contributed by atoms with van der Waals surface area (Å²) in [6, 6.07) is 7.33. The third kappa shape index (κ3) is 4.30. The van der Waals surface area contributed by atoms with Crippen molar-refractivity contribution in [2.45, 2.75) is 23.8 Å². The van der Waals surface area contributed by atoms with Crippen LogP contribution in [0, 0.1) is 0 Å². The van der Waals surface area contributed by atoms with Gasteiger partial charge in [-0.15, -0.1) is 11.8 Å². The Morgan fingerprint density at radius 2 is 2.14 bits per heavy atom. The maximum absolute atomic E-state index is 12.1. The Morgan fingerprint density at radius 3 is 2.86 bits per heavy atom. The van der Waals surface area contributed by atoms with E-state index in [1.807, 2.05) is 30.5 Å². The molecule has 22 heavy (non-hydrogen) atoms. The molecule has 0 aromatic heterocycles. The minimum Gasteiger partial charge on any atom is -0.453 e. The molecule has 1 heterocycles. The number of carbonyl (C=O) groups is 2. The highest BCUT2D eigenvalue weighted by Gasteiger charge is 2.25. The highest BCUT2D eigenvalue weighted by Crippen LogP contribution is 2.24. The second-order valence-corrected chi connectivity index (χ2v) is 5.90. The average Bonchev–Trinajstić information content (AvgIpc) is 2.54. The van der Waals surface area contributed by atoms with Crippen LogP contribution in [-0.2, 0) is 4.74 Å². The number of nitrogens with zero attached hydrogens (tertiary/aromatic N) is 1. The number of hydrogen-bond acceptors (Lipinski definition) is 4. The number of carbonyl (C=O) groups excluding carboxylic acids is 2. The topological polar surface area (TPSA) is 70.7 Å². The zero-order valence-corrected chi connectivity index (χ0v) is 13.6. The fourth-order valence-corrected chi connectivity index (χ4v) is 3.04. The minimum atomic E-state index is -0.348. The normalized spacial score (nSPS) is 17.7. The number of amides is 3. The molecule has 2 rings (SSSR count). The van der Waals surface area contributed by atoms with E-state index < -0.39 is 0 Å². The van der Waals surface area contributed by atoms with Crippen LogP contribution >= 0.6 is 11.8 Å². The summed E-state index contributed by atoms with van der Waals surface area (Å²) < 4.78 is 4.72. The van der Waals surface area contributed by atoms with Crippen molar-refractivity contribution in [2.24, 2.45) is 0 Å². The summed E-state index contributed by atoms with van der Waals surface area (Å²) >= 11 is 1.58. The lowest BCUT2D eigenvalue weighted by Gasteiger charge is -2.32. The van der Waals surface area contributed by atoms with Crippen LogP contribution in [0.3, 0.4) is 0 Å². The van der Waals surface area contributed by atoms with Gasteiger partial charge in [-0.05, 0) is 31.2 Å². The number of thioether (sulfide) groups is 1. The number of likely N-dealkylation sites (tertiary alicyclic amines) is 1. The molecule has 0 radical (unpaired) electrons.